The summed E-state index contributed by atoms with van der Waals surface area (Å²) < 4.78 is 11.0. The third-order valence-electron chi connectivity index (χ3n) is 5.13. The van der Waals surface area contributed by atoms with Crippen LogP contribution in [0.3, 0.4) is 0 Å². The Bertz CT molecular complexity index is 953. The maximum absolute atomic E-state index is 12.6. The number of carbonyl (C=O) groups excluding carboxylic acids is 2. The van der Waals surface area contributed by atoms with Crippen LogP contribution in [-0.2, 0) is 17.6 Å². The molecule has 1 atom stereocenters. The third kappa shape index (κ3) is 5.83. The number of nitrogens with one attached hydrogen (secondary N) is 2. The summed E-state index contributed by atoms with van der Waals surface area (Å²) in [4.78, 5) is 26.3. The summed E-state index contributed by atoms with van der Waals surface area (Å²) in [5.74, 6) is 0.0388. The smallest absolute Gasteiger partial charge is 0.341 e. The van der Waals surface area contributed by atoms with E-state index in [2.05, 4.69) is 17.6 Å². The zero-order valence-electron chi connectivity index (χ0n) is 18.1. The van der Waals surface area contributed by atoms with Gasteiger partial charge in [-0.05, 0) is 88.0 Å². The second-order valence-corrected chi connectivity index (χ2v) is 8.92. The molecule has 0 saturated carbocycles. The fourth-order valence-corrected chi connectivity index (χ4v) is 4.92. The van der Waals surface area contributed by atoms with Crippen LogP contribution in [-0.4, -0.2) is 29.7 Å². The highest BCUT2D eigenvalue weighted by Crippen LogP contribution is 2.38. The molecule has 0 fully saturated rings. The maximum atomic E-state index is 12.6. The number of anilines is 1. The molecule has 1 aromatic carbocycles. The summed E-state index contributed by atoms with van der Waals surface area (Å²) in [6.07, 6.45) is 4.97. The van der Waals surface area contributed by atoms with E-state index < -0.39 is 0 Å². The first kappa shape index (κ1) is 23.2. The second kappa shape index (κ2) is 10.7. The summed E-state index contributed by atoms with van der Waals surface area (Å²) >= 11 is 6.86. The van der Waals surface area contributed by atoms with E-state index in [-0.39, 0.29) is 23.1 Å². The largest absolute Gasteiger partial charge is 0.491 e. The molecule has 0 saturated heterocycles. The topological polar surface area (TPSA) is 76.7 Å². The fraction of sp³-hybridized carbons (Fsp3) is 0.435. The predicted octanol–water partition coefficient (Wildman–Crippen LogP) is 5.11. The number of hydrogen-bond acceptors (Lipinski definition) is 6. The summed E-state index contributed by atoms with van der Waals surface area (Å²) in [6.45, 7) is 6.14. The van der Waals surface area contributed by atoms with Crippen LogP contribution < -0.4 is 15.4 Å². The van der Waals surface area contributed by atoms with E-state index in [1.807, 2.05) is 6.92 Å². The van der Waals surface area contributed by atoms with Gasteiger partial charge in [0.1, 0.15) is 10.8 Å². The van der Waals surface area contributed by atoms with Crippen LogP contribution in [0, 0.1) is 0 Å². The van der Waals surface area contributed by atoms with Crippen molar-refractivity contribution < 1.29 is 19.1 Å². The van der Waals surface area contributed by atoms with Crippen molar-refractivity contribution in [3.63, 3.8) is 0 Å². The SMILES string of the molecule is CCOC(=O)c1c(NC(=S)NC(=O)c2ccc(O[C@@H](C)CC)cc2)sc2c1CCCC2. The first-order valence-electron chi connectivity index (χ1n) is 10.6. The number of ether oxygens (including phenoxy) is 2. The maximum Gasteiger partial charge on any atom is 0.341 e. The van der Waals surface area contributed by atoms with Gasteiger partial charge in [0.2, 0.25) is 0 Å². The van der Waals surface area contributed by atoms with Gasteiger partial charge in [0.05, 0.1) is 18.3 Å². The van der Waals surface area contributed by atoms with Crippen molar-refractivity contribution in [1.82, 2.24) is 5.32 Å². The minimum absolute atomic E-state index is 0.113. The van der Waals surface area contributed by atoms with Gasteiger partial charge in [-0.1, -0.05) is 6.92 Å². The summed E-state index contributed by atoms with van der Waals surface area (Å²) in [5.41, 5.74) is 2.06. The lowest BCUT2D eigenvalue weighted by molar-refractivity contribution is 0.0526. The van der Waals surface area contributed by atoms with Crippen molar-refractivity contribution >= 4 is 45.5 Å². The first-order valence-corrected chi connectivity index (χ1v) is 11.9. The predicted molar refractivity (Wildman–Crippen MR) is 127 cm³/mol. The fourth-order valence-electron chi connectivity index (χ4n) is 3.38. The Morgan fingerprint density at radius 3 is 2.55 bits per heavy atom. The van der Waals surface area contributed by atoms with Crippen molar-refractivity contribution in [3.05, 3.63) is 45.8 Å². The zero-order chi connectivity index (χ0) is 22.4. The number of rotatable bonds is 7. The highest BCUT2D eigenvalue weighted by atomic mass is 32.1. The summed E-state index contributed by atoms with van der Waals surface area (Å²) in [7, 11) is 0. The number of thiocarbonyl (C=S) groups is 1. The molecule has 31 heavy (non-hydrogen) atoms. The molecule has 1 amide bonds. The van der Waals surface area contributed by atoms with E-state index in [1.165, 1.54) is 16.2 Å². The molecule has 2 N–H and O–H groups in total. The number of benzene rings is 1. The molecule has 3 rings (SSSR count). The molecule has 1 aromatic heterocycles. The van der Waals surface area contributed by atoms with Crippen molar-refractivity contribution in [1.29, 1.82) is 0 Å². The number of fused-ring (bicyclic) bond motifs is 1. The van der Waals surface area contributed by atoms with Crippen LogP contribution in [0.5, 0.6) is 5.75 Å². The number of aryl methyl sites for hydroxylation is 1. The average molecular weight is 461 g/mol. The molecule has 0 spiro atoms. The first-order chi connectivity index (χ1) is 14.9. The van der Waals surface area contributed by atoms with Gasteiger partial charge in [-0.25, -0.2) is 4.79 Å². The molecule has 0 aliphatic heterocycles. The highest BCUT2D eigenvalue weighted by molar-refractivity contribution is 7.80. The summed E-state index contributed by atoms with van der Waals surface area (Å²) in [5, 5.41) is 6.51. The Hall–Kier alpha value is -2.45. The van der Waals surface area contributed by atoms with Crippen LogP contribution in [0.15, 0.2) is 24.3 Å². The van der Waals surface area contributed by atoms with E-state index in [4.69, 9.17) is 21.7 Å². The van der Waals surface area contributed by atoms with Gasteiger partial charge >= 0.3 is 5.97 Å². The van der Waals surface area contributed by atoms with Gasteiger partial charge in [-0.3, -0.25) is 10.1 Å². The molecule has 1 aliphatic rings. The molecule has 0 unspecified atom stereocenters. The molecular weight excluding hydrogens is 432 g/mol. The monoisotopic (exact) mass is 460 g/mol. The van der Waals surface area contributed by atoms with Crippen LogP contribution in [0.2, 0.25) is 0 Å². The van der Waals surface area contributed by atoms with Gasteiger partial charge in [-0.2, -0.15) is 0 Å². The number of hydrogen-bond donors (Lipinski definition) is 2. The molecule has 2 aromatic rings. The normalized spacial score (nSPS) is 13.6. The molecule has 1 aliphatic carbocycles. The quantitative estimate of drug-likeness (QED) is 0.442. The molecule has 6 nitrogen and oxygen atoms in total. The molecule has 166 valence electrons. The number of thiophene rings is 1. The number of esters is 1. The second-order valence-electron chi connectivity index (χ2n) is 7.40. The molecule has 0 radical (unpaired) electrons. The van der Waals surface area contributed by atoms with E-state index in [0.29, 0.717) is 22.7 Å². The van der Waals surface area contributed by atoms with Crippen LogP contribution in [0.25, 0.3) is 0 Å². The third-order valence-corrected chi connectivity index (χ3v) is 6.55. The van der Waals surface area contributed by atoms with Gasteiger partial charge in [0.15, 0.2) is 5.11 Å². The molecule has 1 heterocycles. The van der Waals surface area contributed by atoms with Crippen molar-refractivity contribution in [3.8, 4) is 5.75 Å². The zero-order valence-corrected chi connectivity index (χ0v) is 19.7. The van der Waals surface area contributed by atoms with Crippen LogP contribution in [0.4, 0.5) is 5.00 Å². The Kier molecular flexibility index (Phi) is 8.03. The Morgan fingerprint density at radius 1 is 1.16 bits per heavy atom. The molecule has 0 bridgehead atoms. The summed E-state index contributed by atoms with van der Waals surface area (Å²) in [6, 6.07) is 6.93. The standard InChI is InChI=1S/C23H28N2O4S2/c1-4-14(3)29-16-12-10-15(11-13-16)20(26)24-23(30)25-21-19(22(27)28-5-2)17-8-6-7-9-18(17)31-21/h10-14H,4-9H2,1-3H3,(H2,24,25,26,30)/t14-/m0/s1. The Labute approximate surface area is 192 Å². The Balaban J connectivity index is 1.68. The van der Waals surface area contributed by atoms with Gasteiger partial charge in [0.25, 0.3) is 5.91 Å². The van der Waals surface area contributed by atoms with E-state index in [1.54, 1.807) is 31.2 Å². The van der Waals surface area contributed by atoms with E-state index in [9.17, 15) is 9.59 Å². The number of carbonyl (C=O) groups is 2. The van der Waals surface area contributed by atoms with E-state index >= 15 is 0 Å². The van der Waals surface area contributed by atoms with Crippen molar-refractivity contribution in [2.45, 2.75) is 59.0 Å². The minimum Gasteiger partial charge on any atom is -0.491 e. The highest BCUT2D eigenvalue weighted by Gasteiger charge is 2.27. The van der Waals surface area contributed by atoms with Crippen LogP contribution >= 0.6 is 23.6 Å². The minimum atomic E-state index is -0.351. The average Bonchev–Trinajstić information content (AvgIpc) is 3.11. The van der Waals surface area contributed by atoms with Gasteiger partial charge < -0.3 is 14.8 Å². The molecular formula is C23H28N2O4S2. The van der Waals surface area contributed by atoms with Crippen molar-refractivity contribution in [2.75, 3.05) is 11.9 Å². The molecule has 8 heteroatoms. The lowest BCUT2D eigenvalue weighted by Gasteiger charge is -2.13. The van der Waals surface area contributed by atoms with E-state index in [0.717, 1.165) is 43.4 Å². The van der Waals surface area contributed by atoms with Crippen molar-refractivity contribution in [2.24, 2.45) is 0 Å². The lowest BCUT2D eigenvalue weighted by Crippen LogP contribution is -2.34. The Morgan fingerprint density at radius 2 is 1.87 bits per heavy atom. The number of amides is 1. The lowest BCUT2D eigenvalue weighted by atomic mass is 9.95. The van der Waals surface area contributed by atoms with Gasteiger partial charge in [0, 0.05) is 10.4 Å². The van der Waals surface area contributed by atoms with Crippen LogP contribution in [0.1, 0.15) is 71.2 Å². The van der Waals surface area contributed by atoms with Gasteiger partial charge in [-0.15, -0.1) is 11.3 Å².